The SMILES string of the molecule is CC(C)(C)c1c[c-]n(-c2cccc(C(=O)c3ccnc(-n4[c-]cc(C(C)(C)C)n4)n3)n2)n1.CC(C)(C)c1c[c-]n(-c2cccc(N(c3ccccc3)c3cccc(-n4[c-]cc(C(C)(C)C)n4)n3)n2)n1.[C-]#[N+]c1c[c-]n(-c2cccc(C(C#N)c3cccc(-n4[c-]cc(C#N)n4)n3)n2)n1.[Pd+2].[Pd+2].[Pd+2].[Pd+2].[c-]1ccnn1-c1cccc(Cc2cccc(-n3[c-]ccn3)n2)n1. The molecular weight excluding hydrogens is 1940 g/mol. The molecule has 0 spiro atoms. The minimum Gasteiger partial charge on any atom is -0.344 e. The van der Waals surface area contributed by atoms with Crippen LogP contribution >= 0.6 is 0 Å². The average molecular weight is 2020 g/mol. The number of anilines is 3. The second kappa shape index (κ2) is 41.2. The molecular formula is C91H77N29OPd4. The molecule has 16 heterocycles. The molecule has 0 bridgehead atoms. The molecule has 0 fully saturated rings. The van der Waals surface area contributed by atoms with E-state index in [4.69, 9.17) is 32.0 Å². The van der Waals surface area contributed by atoms with Gasteiger partial charge >= 0.3 is 87.5 Å². The maximum atomic E-state index is 13.1. The van der Waals surface area contributed by atoms with Gasteiger partial charge in [-0.15, -0.1) is 42.5 Å². The number of rotatable bonds is 17. The Morgan fingerprint density at radius 1 is 0.400 bits per heavy atom. The van der Waals surface area contributed by atoms with Gasteiger partial charge in [-0.2, -0.15) is 5.26 Å². The molecule has 0 aliphatic carbocycles. The predicted molar refractivity (Wildman–Crippen MR) is 447 cm³/mol. The first kappa shape index (κ1) is 93.9. The number of aromatic nitrogens is 25. The first-order valence-electron chi connectivity index (χ1n) is 38.1. The summed E-state index contributed by atoms with van der Waals surface area (Å²) in [6, 6.07) is 68.6. The predicted octanol–water partition coefficient (Wildman–Crippen LogP) is 14.7. The molecule has 0 radical (unpaired) electrons. The monoisotopic (exact) mass is 2020 g/mol. The summed E-state index contributed by atoms with van der Waals surface area (Å²) < 4.78 is 12.3. The molecule has 0 N–H and O–H groups in total. The molecule has 0 saturated carbocycles. The summed E-state index contributed by atoms with van der Waals surface area (Å²) in [5, 5.41) is 53.6. The van der Waals surface area contributed by atoms with Gasteiger partial charge in [0.2, 0.25) is 5.78 Å². The molecule has 0 amide bonds. The first-order valence-corrected chi connectivity index (χ1v) is 38.1. The van der Waals surface area contributed by atoms with Crippen molar-refractivity contribution in [2.24, 2.45) is 0 Å². The first-order chi connectivity index (χ1) is 58.2. The number of carbonyl (C=O) groups excluding carboxylic acids is 1. The van der Waals surface area contributed by atoms with Crippen molar-refractivity contribution < 1.29 is 86.5 Å². The molecule has 16 aromatic heterocycles. The number of ketones is 1. The molecule has 1 aromatic carbocycles. The Morgan fingerprint density at radius 3 is 1.22 bits per heavy atom. The van der Waals surface area contributed by atoms with Crippen LogP contribution in [0.25, 0.3) is 51.5 Å². The Morgan fingerprint density at radius 2 is 0.792 bits per heavy atom. The minimum atomic E-state index is -0.739. The second-order valence-corrected chi connectivity index (χ2v) is 31.2. The van der Waals surface area contributed by atoms with E-state index in [1.165, 1.54) is 32.4 Å². The third kappa shape index (κ3) is 23.3. The summed E-state index contributed by atoms with van der Waals surface area (Å²) in [6.07, 6.45) is 29.6. The minimum absolute atomic E-state index is 0. The molecule has 17 aromatic rings. The van der Waals surface area contributed by atoms with Crippen LogP contribution in [-0.4, -0.2) is 129 Å². The third-order valence-corrected chi connectivity index (χ3v) is 18.0. The summed E-state index contributed by atoms with van der Waals surface area (Å²) in [6.45, 7) is 32.2. The zero-order valence-corrected chi connectivity index (χ0v) is 75.6. The van der Waals surface area contributed by atoms with Crippen molar-refractivity contribution >= 4 is 28.9 Å². The Bertz CT molecular complexity index is 6210. The van der Waals surface area contributed by atoms with Gasteiger partial charge < -0.3 is 37.6 Å². The average Bonchev–Trinajstić information content (AvgIpc) is 1.78. The number of nitriles is 2. The fourth-order valence-electron chi connectivity index (χ4n) is 11.6. The maximum Gasteiger partial charge on any atom is 2.00 e. The molecule has 30 nitrogen and oxygen atoms in total. The van der Waals surface area contributed by atoms with E-state index < -0.39 is 5.92 Å². The Hall–Kier alpha value is -13.4. The molecule has 1 atom stereocenters. The van der Waals surface area contributed by atoms with Gasteiger partial charge in [-0.05, 0) is 122 Å². The molecule has 0 aliphatic heterocycles. The van der Waals surface area contributed by atoms with Crippen LogP contribution in [0.2, 0.25) is 0 Å². The topological polar surface area (TPSA) is 331 Å². The standard InChI is InChI=1S/C30H31N7.C24H25N7O.C20H9N9.C17H12N6.4Pd/c1-29(2,3)23-18-20-35(33-23)25-14-10-16-27(31-25)37(22-12-8-7-9-13-22)28-17-11-15-26(32-28)36-21-19-24(34-36)30(4,5)6;1-23(2,3)18-11-14-30(28-18)20-9-7-8-16(26-20)21(32)17-10-13-25-22(27-17)31-15-12-19(29-31)24(4,5)6;1-23-18-9-11-29(27-18)20-7-3-5-17(25-20)15(13-22)16-4-2-6-19(24-16)28-10-8-14(12-21)26-28;1-5-14(20-16(7-1)22-11-3-9-18-22)13-15-6-2-8-17(21-15)23-12-4-10-19-23;;;;/h7-19H,1-6H3;7-13H,1-6H3;2-9,15H;1-10H,13H2;;;;/q4*-2;4*+2. The van der Waals surface area contributed by atoms with Crippen molar-refractivity contribution in [1.29, 1.82) is 10.5 Å². The summed E-state index contributed by atoms with van der Waals surface area (Å²) in [4.78, 5) is 59.6. The Labute approximate surface area is 778 Å². The van der Waals surface area contributed by atoms with Crippen LogP contribution in [0.3, 0.4) is 0 Å². The van der Waals surface area contributed by atoms with Crippen LogP contribution in [0.5, 0.6) is 0 Å². The van der Waals surface area contributed by atoms with E-state index in [2.05, 4.69) is 209 Å². The quantitative estimate of drug-likeness (QED) is 0.0464. The largest absolute Gasteiger partial charge is 2.00 e. The van der Waals surface area contributed by atoms with Crippen molar-refractivity contribution in [3.8, 4) is 58.8 Å². The number of para-hydroxylation sites is 1. The number of benzene rings is 1. The molecule has 17 rings (SSSR count). The Balaban J connectivity index is 0.000000174. The van der Waals surface area contributed by atoms with Gasteiger partial charge in [-0.25, -0.2) is 15.0 Å². The van der Waals surface area contributed by atoms with Gasteiger partial charge in [-0.3, -0.25) is 85.1 Å². The van der Waals surface area contributed by atoms with Gasteiger partial charge in [0.25, 0.3) is 0 Å². The van der Waals surface area contributed by atoms with Crippen molar-refractivity contribution in [1.82, 2.24) is 123 Å². The fourth-order valence-corrected chi connectivity index (χ4v) is 11.6. The summed E-state index contributed by atoms with van der Waals surface area (Å²) in [5.74, 6) is 5.08. The number of hydrogen-bond acceptors (Lipinski definition) is 21. The zero-order valence-electron chi connectivity index (χ0n) is 69.4. The van der Waals surface area contributed by atoms with Crippen molar-refractivity contribution in [3.05, 3.63) is 355 Å². The van der Waals surface area contributed by atoms with Crippen molar-refractivity contribution in [2.75, 3.05) is 4.90 Å². The smallest absolute Gasteiger partial charge is 0.344 e. The molecule has 0 saturated heterocycles. The number of carbonyl (C=O) groups is 1. The van der Waals surface area contributed by atoms with Crippen LogP contribution in [0.4, 0.5) is 23.1 Å². The van der Waals surface area contributed by atoms with Crippen LogP contribution in [0, 0.1) is 78.8 Å². The van der Waals surface area contributed by atoms with E-state index in [0.29, 0.717) is 46.9 Å². The van der Waals surface area contributed by atoms with Gasteiger partial charge in [0, 0.05) is 29.7 Å². The third-order valence-electron chi connectivity index (χ3n) is 18.0. The normalized spacial score (nSPS) is 11.3. The van der Waals surface area contributed by atoms with Crippen LogP contribution < -0.4 is 4.90 Å². The molecule has 0 aliphatic rings. The molecule has 632 valence electrons. The van der Waals surface area contributed by atoms with Crippen LogP contribution in [0.1, 0.15) is 156 Å². The second-order valence-electron chi connectivity index (χ2n) is 31.2. The summed E-state index contributed by atoms with van der Waals surface area (Å²) in [7, 11) is 0. The number of nitrogens with zero attached hydrogens (tertiary/aromatic N) is 29. The molecule has 1 unspecified atom stereocenters. The van der Waals surface area contributed by atoms with Crippen LogP contribution in [0.15, 0.2) is 231 Å². The summed E-state index contributed by atoms with van der Waals surface area (Å²) >= 11 is 0. The van der Waals surface area contributed by atoms with Gasteiger partial charge in [0.05, 0.1) is 69.9 Å². The van der Waals surface area contributed by atoms with Crippen molar-refractivity contribution in [3.63, 3.8) is 0 Å². The van der Waals surface area contributed by atoms with E-state index in [1.807, 2.05) is 132 Å². The van der Waals surface area contributed by atoms with Gasteiger partial charge in [0.15, 0.2) is 0 Å². The summed E-state index contributed by atoms with van der Waals surface area (Å²) in [5.41, 5.74) is 7.71. The van der Waals surface area contributed by atoms with Crippen LogP contribution in [-0.2, 0) is 110 Å². The van der Waals surface area contributed by atoms with E-state index in [1.54, 1.807) is 115 Å². The van der Waals surface area contributed by atoms with E-state index in [0.717, 1.165) is 63.1 Å². The molecule has 34 heteroatoms. The van der Waals surface area contributed by atoms with Crippen molar-refractivity contribution in [2.45, 2.75) is 117 Å². The maximum absolute atomic E-state index is 13.1. The Kier molecular flexibility index (Phi) is 30.9. The number of hydrogen-bond donors (Lipinski definition) is 0. The zero-order chi connectivity index (χ0) is 85.0. The van der Waals surface area contributed by atoms with Gasteiger partial charge in [0.1, 0.15) is 34.9 Å². The van der Waals surface area contributed by atoms with E-state index in [-0.39, 0.29) is 138 Å². The number of pyridine rings is 7. The van der Waals surface area contributed by atoms with E-state index >= 15 is 0 Å². The molecule has 125 heavy (non-hydrogen) atoms. The van der Waals surface area contributed by atoms with Gasteiger partial charge in [-0.1, -0.05) is 249 Å². The fraction of sp³-hybridized carbons (Fsp3) is 0.198. The van der Waals surface area contributed by atoms with E-state index in [9.17, 15) is 10.1 Å².